The summed E-state index contributed by atoms with van der Waals surface area (Å²) in [5, 5.41) is 11.6. The maximum atomic E-state index is 14.2. The zero-order valence-corrected chi connectivity index (χ0v) is 82.6. The Morgan fingerprint density at radius 3 is 0.944 bits per heavy atom. The van der Waals surface area contributed by atoms with E-state index in [0.29, 0.717) is 104 Å². The summed E-state index contributed by atoms with van der Waals surface area (Å²) in [6, 6.07) is 51.1. The molecular weight excluding hydrogens is 1940 g/mol. The van der Waals surface area contributed by atoms with E-state index in [1.807, 2.05) is 140 Å². The monoisotopic (exact) mass is 2060 g/mol. The average Bonchev–Trinajstić information content (AvgIpc) is 0.664. The van der Waals surface area contributed by atoms with Crippen molar-refractivity contribution in [2.75, 3.05) is 44.2 Å². The first kappa shape index (κ1) is 96.2. The third-order valence-electron chi connectivity index (χ3n) is 34.3. The second kappa shape index (κ2) is 38.7. The highest BCUT2D eigenvalue weighted by atomic mass is 127. The Hall–Kier alpha value is -12.6. The minimum absolute atomic E-state index is 0.0318. The molecule has 4 amide bonds. The van der Waals surface area contributed by atoms with Gasteiger partial charge in [0.05, 0.1) is 89.6 Å². The molecule has 12 aromatic rings. The molecule has 12 N–H and O–H groups in total. The van der Waals surface area contributed by atoms with Gasteiger partial charge in [-0.05, 0) is 397 Å². The van der Waals surface area contributed by atoms with Gasteiger partial charge in [-0.3, -0.25) is 19.2 Å². The highest BCUT2D eigenvalue weighted by molar-refractivity contribution is 14.1. The van der Waals surface area contributed by atoms with Gasteiger partial charge in [0, 0.05) is 59.7 Å². The highest BCUT2D eigenvalue weighted by Crippen LogP contribution is 2.81. The van der Waals surface area contributed by atoms with E-state index in [4.69, 9.17) is 52.8 Å². The summed E-state index contributed by atoms with van der Waals surface area (Å²) in [6.45, 7) is 0. The normalized spacial score (nSPS) is 27.5. The zero-order chi connectivity index (χ0) is 99.3. The van der Waals surface area contributed by atoms with Crippen molar-refractivity contribution in [3.8, 4) is 45.0 Å². The molecule has 20 nitrogen and oxygen atoms in total. The van der Waals surface area contributed by atoms with E-state index in [0.717, 1.165) is 169 Å². The minimum Gasteiger partial charge on any atom is -0.399 e. The van der Waals surface area contributed by atoms with Crippen LogP contribution in [0.5, 0.6) is 0 Å². The second-order valence-corrected chi connectivity index (χ2v) is 47.0. The maximum absolute atomic E-state index is 14.2. The van der Waals surface area contributed by atoms with Crippen LogP contribution < -0.4 is 44.2 Å². The van der Waals surface area contributed by atoms with Crippen molar-refractivity contribution in [2.24, 2.45) is 91.7 Å². The van der Waals surface area contributed by atoms with Crippen LogP contribution in [-0.4, -0.2) is 63.5 Å². The number of nitrogens with one attached hydrogen (secondary N) is 4. The van der Waals surface area contributed by atoms with Crippen LogP contribution in [0.3, 0.4) is 0 Å². The van der Waals surface area contributed by atoms with E-state index in [1.54, 1.807) is 30.7 Å². The largest absolute Gasteiger partial charge is 0.399 e. The third-order valence-corrected chi connectivity index (χ3v) is 35.1. The molecule has 742 valence electrons. The van der Waals surface area contributed by atoms with Gasteiger partial charge in [-0.1, -0.05) is 84.9 Å². The molecule has 0 saturated heterocycles. The zero-order valence-electron chi connectivity index (χ0n) is 80.4. The van der Waals surface area contributed by atoms with Crippen LogP contribution in [0.4, 0.5) is 76.8 Å². The van der Waals surface area contributed by atoms with Gasteiger partial charge in [-0.15, -0.1) is 0 Å². The lowest BCUT2D eigenvalue weighted by atomic mass is 9.28. The van der Waals surface area contributed by atoms with E-state index in [2.05, 4.69) is 53.8 Å². The van der Waals surface area contributed by atoms with Crippen molar-refractivity contribution in [2.45, 2.75) is 205 Å². The number of carbonyl (C=O) groups is 4. The van der Waals surface area contributed by atoms with Gasteiger partial charge in [0.25, 0.3) is 5.91 Å². The number of aromatic nitrogens is 8. The lowest BCUT2D eigenvalue weighted by Crippen LogP contribution is -2.66. The van der Waals surface area contributed by atoms with Crippen molar-refractivity contribution in [1.29, 1.82) is 0 Å². The molecule has 31 rings (SSSR count). The number of hydrogen-bond acceptors (Lipinski definition) is 16. The van der Waals surface area contributed by atoms with Crippen molar-refractivity contribution < 1.29 is 49.9 Å². The molecule has 19 saturated carbocycles. The summed E-state index contributed by atoms with van der Waals surface area (Å²) < 4.78 is 97.3. The van der Waals surface area contributed by atoms with Crippen LogP contribution >= 0.6 is 22.6 Å². The first-order valence-corrected chi connectivity index (χ1v) is 52.2. The van der Waals surface area contributed by atoms with Gasteiger partial charge >= 0.3 is 0 Å². The Kier molecular flexibility index (Phi) is 25.9. The summed E-state index contributed by atoms with van der Waals surface area (Å²) in [4.78, 5) is 90.3. The predicted molar refractivity (Wildman–Crippen MR) is 550 cm³/mol. The summed E-state index contributed by atoms with van der Waals surface area (Å²) in [6.07, 6.45) is 41.6. The van der Waals surface area contributed by atoms with Gasteiger partial charge in [0.1, 0.15) is 0 Å². The van der Waals surface area contributed by atoms with E-state index < -0.39 is 58.6 Å². The van der Waals surface area contributed by atoms with Crippen molar-refractivity contribution in [3.63, 3.8) is 0 Å². The topological polar surface area (TPSA) is 324 Å². The number of anilines is 8. The Labute approximate surface area is 846 Å². The molecule has 0 atom stereocenters. The van der Waals surface area contributed by atoms with Gasteiger partial charge in [-0.25, -0.2) is 70.6 Å². The maximum Gasteiger partial charge on any atom is 0.256 e. The van der Waals surface area contributed by atoms with Crippen molar-refractivity contribution in [1.82, 2.24) is 39.9 Å². The van der Waals surface area contributed by atoms with Crippen LogP contribution in [-0.2, 0) is 59.3 Å². The average molecular weight is 2060 g/mol. The van der Waals surface area contributed by atoms with Crippen LogP contribution in [0.25, 0.3) is 45.0 Å². The SMILES string of the molecule is Nc1ccc(-c2cnc(NC(=O)Cc3c(F)c(F)c(F)c(F)c3F)c(CC34CC5CC(CC(C5)C3)C4)n2)cc1.Nc1ccc(-c2cnc(NC(=O)Cc3ccc(F)c(F)c3)c(CC34CC5CC(CC(C5)C3)C4)n2)cc1.Nc1ccc(-c2cnc(NC(=O)Cc3ccc(I)cc3)c(CC34CC5CC6(C3)CC(C5)(C4)C6)n2)cc1.Nc1ccc(-c2cnc(NC(=O)c3ccccc3)c(CC34CC5CC(CC(C5)C3)C4)n2)cc1. The molecule has 4 heterocycles. The van der Waals surface area contributed by atoms with Crippen LogP contribution in [0.1, 0.15) is 210 Å². The molecular formula is C116H118F7IN16O4. The summed E-state index contributed by atoms with van der Waals surface area (Å²) >= 11 is 2.28. The molecule has 0 radical (unpaired) electrons. The standard InChI is InChI=1S/C30H31IN4O.C29H27F5N4O.C29H30F2N4O.C28H30N4O/c31-22-5-1-19(2-6-22)9-26(36)35-27-24(34-25(14-33-27)21-3-7-23(32)8-4-21)13-28-10-20-11-29(15-28)17-30(12-20,16-28)18-29;30-23-19(24(31)26(33)27(34)25(23)32)8-22(39)38-28-20(37-21(13-36-28)17-1-3-18(35)4-2-17)12-29-9-14-5-15(10-29)7-16(6-14)11-29;30-23-6-1-17(10-24(23)31)11-27(36)35-28-25(34-26(16-33-28)21-2-4-22(32)5-3-21)15-29-12-18-7-19(13-29)9-20(8-18)14-29;29-23-8-6-21(7-9-23)25-17-30-26(32-27(33)22-4-2-1-3-5-22)24(31-25)16-28-13-18-10-19(14-28)12-20(11-18)15-28/h1-8,14,20H,9-13,15-18,32H2,(H,33,35,36);1-4,13-16H,5-12,35H2,(H,36,38,39);1-6,10,16,18-20H,7-9,11-15,32H2,(H,33,35,36);1-9,17-20H,10-16,29H2,(H,30,32,33). The fraction of sp³-hybridized carbons (Fsp3) is 0.414. The number of carbonyl (C=O) groups excluding carboxylic acids is 4. The number of nitrogen functional groups attached to an aromatic ring is 4. The van der Waals surface area contributed by atoms with Crippen LogP contribution in [0, 0.1) is 136 Å². The van der Waals surface area contributed by atoms with E-state index in [9.17, 15) is 49.9 Å². The number of rotatable bonds is 23. The first-order valence-electron chi connectivity index (χ1n) is 51.1. The number of amides is 4. The first-order chi connectivity index (χ1) is 69.3. The molecule has 0 aliphatic heterocycles. The van der Waals surface area contributed by atoms with E-state index in [-0.39, 0.29) is 40.8 Å². The number of nitrogens with two attached hydrogens (primary N) is 4. The summed E-state index contributed by atoms with van der Waals surface area (Å²) in [5.41, 5.74) is 38.9. The lowest BCUT2D eigenvalue weighted by Gasteiger charge is -2.76. The number of hydrogen-bond donors (Lipinski definition) is 8. The molecule has 4 aromatic heterocycles. The Balaban J connectivity index is 0.000000110. The van der Waals surface area contributed by atoms with Crippen molar-refractivity contribution >= 4 is 92.2 Å². The Morgan fingerprint density at radius 1 is 0.312 bits per heavy atom. The van der Waals surface area contributed by atoms with Gasteiger partial charge in [0.15, 0.2) is 58.2 Å². The predicted octanol–water partition coefficient (Wildman–Crippen LogP) is 24.5. The van der Waals surface area contributed by atoms with Gasteiger partial charge < -0.3 is 44.2 Å². The summed E-state index contributed by atoms with van der Waals surface area (Å²) in [7, 11) is 0. The Morgan fingerprint density at radius 2 is 0.611 bits per heavy atom. The second-order valence-electron chi connectivity index (χ2n) is 45.8. The molecule has 16 bridgehead atoms. The third kappa shape index (κ3) is 20.5. The molecule has 28 heteroatoms. The van der Waals surface area contributed by atoms with E-state index in [1.165, 1.54) is 154 Å². The van der Waals surface area contributed by atoms with E-state index >= 15 is 0 Å². The molecule has 144 heavy (non-hydrogen) atoms. The van der Waals surface area contributed by atoms with Gasteiger partial charge in [-0.2, -0.15) is 0 Å². The fourth-order valence-corrected chi connectivity index (χ4v) is 31.2. The Bertz CT molecular complexity index is 6770. The molecule has 19 aliphatic carbocycles. The molecule has 19 fully saturated rings. The minimum atomic E-state index is -2.27. The summed E-state index contributed by atoms with van der Waals surface area (Å²) in [5.74, 6) is -4.15. The van der Waals surface area contributed by atoms with Crippen LogP contribution in [0.2, 0.25) is 0 Å². The number of benzene rings is 8. The highest BCUT2D eigenvalue weighted by Gasteiger charge is 2.71. The smallest absolute Gasteiger partial charge is 0.256 e. The quantitative estimate of drug-likeness (QED) is 0.00970. The number of halogens is 8. The lowest BCUT2D eigenvalue weighted by molar-refractivity contribution is -0.256. The molecule has 2 spiro atoms. The number of nitrogens with zero attached hydrogens (tertiary/aromatic N) is 8. The molecule has 8 aromatic carbocycles. The fourth-order valence-electron chi connectivity index (χ4n) is 30.9. The van der Waals surface area contributed by atoms with Crippen LogP contribution in [0.15, 0.2) is 195 Å². The molecule has 19 aliphatic rings. The van der Waals surface area contributed by atoms with Crippen molar-refractivity contribution in [3.05, 3.63) is 284 Å². The van der Waals surface area contributed by atoms with Gasteiger partial charge in [0.2, 0.25) is 23.5 Å². The molecule has 0 unspecified atom stereocenters.